The minimum Gasteiger partial charge on any atom is -0.379 e. The molecule has 0 radical (unpaired) electrons. The highest BCUT2D eigenvalue weighted by Gasteiger charge is 2.33. The Labute approximate surface area is 135 Å². The summed E-state index contributed by atoms with van der Waals surface area (Å²) in [6, 6.07) is 3.33. The number of benzene rings is 1. The molecule has 1 aromatic carbocycles. The summed E-state index contributed by atoms with van der Waals surface area (Å²) < 4.78 is 41.8. The Morgan fingerprint density at radius 2 is 1.91 bits per heavy atom. The number of rotatable bonds is 2. The monoisotopic (exact) mass is 337 g/mol. The molecular weight excluding hydrogens is 323 g/mol. The molecule has 0 spiro atoms. The number of pyridine rings is 1. The molecule has 0 fully saturated rings. The van der Waals surface area contributed by atoms with Gasteiger partial charge in [0.1, 0.15) is 17.5 Å². The quantitative estimate of drug-likeness (QED) is 0.906. The van der Waals surface area contributed by atoms with Gasteiger partial charge in [0.2, 0.25) is 0 Å². The van der Waals surface area contributed by atoms with Crippen LogP contribution >= 0.6 is 11.8 Å². The van der Waals surface area contributed by atoms with Crippen molar-refractivity contribution >= 4 is 16.9 Å². The molecule has 3 nitrogen and oxygen atoms in total. The van der Waals surface area contributed by atoms with Crippen LogP contribution in [0, 0.1) is 17.5 Å². The van der Waals surface area contributed by atoms with Crippen LogP contribution in [0.1, 0.15) is 18.9 Å². The molecule has 1 aliphatic rings. The van der Waals surface area contributed by atoms with E-state index in [0.717, 1.165) is 18.3 Å². The zero-order valence-electron chi connectivity index (χ0n) is 12.3. The van der Waals surface area contributed by atoms with E-state index in [2.05, 4.69) is 9.98 Å². The van der Waals surface area contributed by atoms with Gasteiger partial charge in [-0.2, -0.15) is 0 Å². The van der Waals surface area contributed by atoms with E-state index in [1.165, 1.54) is 24.0 Å². The maximum atomic E-state index is 14.3. The fourth-order valence-corrected chi connectivity index (χ4v) is 3.60. The SMILES string of the molecule is C[C@@]1(c2cc(-c3cncc(F)c3)c(F)cc2F)CCSC(N)=N1. The third-order valence-electron chi connectivity index (χ3n) is 3.85. The summed E-state index contributed by atoms with van der Waals surface area (Å²) >= 11 is 1.40. The van der Waals surface area contributed by atoms with Crippen LogP contribution < -0.4 is 5.73 Å². The van der Waals surface area contributed by atoms with Crippen molar-refractivity contribution < 1.29 is 13.2 Å². The maximum Gasteiger partial charge on any atom is 0.154 e. The Kier molecular flexibility index (Phi) is 4.06. The summed E-state index contributed by atoms with van der Waals surface area (Å²) in [6.07, 6.45) is 2.93. The number of hydrogen-bond donors (Lipinski definition) is 1. The van der Waals surface area contributed by atoms with E-state index in [1.807, 2.05) is 0 Å². The summed E-state index contributed by atoms with van der Waals surface area (Å²) in [6.45, 7) is 1.75. The zero-order valence-corrected chi connectivity index (χ0v) is 13.1. The first-order valence-electron chi connectivity index (χ1n) is 6.97. The average molecular weight is 337 g/mol. The van der Waals surface area contributed by atoms with E-state index in [0.29, 0.717) is 17.3 Å². The van der Waals surface area contributed by atoms with Crippen molar-refractivity contribution in [2.24, 2.45) is 10.7 Å². The van der Waals surface area contributed by atoms with Crippen molar-refractivity contribution in [3.8, 4) is 11.1 Å². The number of hydrogen-bond acceptors (Lipinski definition) is 4. The molecule has 1 aromatic heterocycles. The largest absolute Gasteiger partial charge is 0.379 e. The van der Waals surface area contributed by atoms with Crippen LogP contribution in [0.3, 0.4) is 0 Å². The lowest BCUT2D eigenvalue weighted by molar-refractivity contribution is 0.447. The van der Waals surface area contributed by atoms with Gasteiger partial charge in [-0.15, -0.1) is 0 Å². The zero-order chi connectivity index (χ0) is 16.6. The smallest absolute Gasteiger partial charge is 0.154 e. The Morgan fingerprint density at radius 1 is 1.13 bits per heavy atom. The molecule has 23 heavy (non-hydrogen) atoms. The van der Waals surface area contributed by atoms with Crippen molar-refractivity contribution in [1.29, 1.82) is 0 Å². The third-order valence-corrected chi connectivity index (χ3v) is 4.64. The van der Waals surface area contributed by atoms with E-state index in [-0.39, 0.29) is 16.7 Å². The van der Waals surface area contributed by atoms with E-state index in [9.17, 15) is 13.2 Å². The Balaban J connectivity index is 2.16. The Bertz CT molecular complexity index is 794. The van der Waals surface area contributed by atoms with Crippen LogP contribution in [0.2, 0.25) is 0 Å². The van der Waals surface area contributed by atoms with Crippen molar-refractivity contribution in [1.82, 2.24) is 4.98 Å². The second-order valence-corrected chi connectivity index (χ2v) is 6.64. The maximum absolute atomic E-state index is 14.3. The van der Waals surface area contributed by atoms with Crippen LogP contribution in [0.25, 0.3) is 11.1 Å². The molecule has 0 unspecified atom stereocenters. The fraction of sp³-hybridized carbons (Fsp3) is 0.250. The van der Waals surface area contributed by atoms with Crippen LogP contribution in [0.15, 0.2) is 35.6 Å². The standard InChI is InChI=1S/C16H14F3N3S/c1-16(2-3-23-15(20)22-16)12-5-11(13(18)6-14(12)19)9-4-10(17)8-21-7-9/h4-8H,2-3H2,1H3,(H2,20,22)/t16-/m0/s1. The predicted octanol–water partition coefficient (Wildman–Crippen LogP) is 3.83. The molecular formula is C16H14F3N3S. The number of aromatic nitrogens is 1. The molecule has 3 rings (SSSR count). The van der Waals surface area contributed by atoms with Crippen LogP contribution in [-0.2, 0) is 5.54 Å². The van der Waals surface area contributed by atoms with Crippen molar-refractivity contribution in [3.05, 3.63) is 53.6 Å². The molecule has 2 N–H and O–H groups in total. The predicted molar refractivity (Wildman–Crippen MR) is 85.6 cm³/mol. The van der Waals surface area contributed by atoms with Crippen LogP contribution in [0.4, 0.5) is 13.2 Å². The topological polar surface area (TPSA) is 51.3 Å². The van der Waals surface area contributed by atoms with Crippen molar-refractivity contribution in [3.63, 3.8) is 0 Å². The van der Waals surface area contributed by atoms with Gasteiger partial charge in [0.25, 0.3) is 0 Å². The van der Waals surface area contributed by atoms with E-state index >= 15 is 0 Å². The van der Waals surface area contributed by atoms with Gasteiger partial charge in [0, 0.05) is 34.7 Å². The highest BCUT2D eigenvalue weighted by Crippen LogP contribution is 2.38. The summed E-state index contributed by atoms with van der Waals surface area (Å²) in [7, 11) is 0. The molecule has 7 heteroatoms. The first kappa shape index (κ1) is 15.9. The normalized spacial score (nSPS) is 21.1. The second kappa shape index (κ2) is 5.88. The number of halogens is 3. The van der Waals surface area contributed by atoms with Gasteiger partial charge in [-0.1, -0.05) is 11.8 Å². The number of nitrogens with zero attached hydrogens (tertiary/aromatic N) is 2. The number of amidine groups is 1. The molecule has 0 aliphatic carbocycles. The van der Waals surface area contributed by atoms with Crippen molar-refractivity contribution in [2.45, 2.75) is 18.9 Å². The summed E-state index contributed by atoms with van der Waals surface area (Å²) in [5, 5.41) is 0.372. The Morgan fingerprint density at radius 3 is 2.61 bits per heavy atom. The van der Waals surface area contributed by atoms with E-state index in [4.69, 9.17) is 5.73 Å². The summed E-state index contributed by atoms with van der Waals surface area (Å²) in [4.78, 5) is 8.04. The highest BCUT2D eigenvalue weighted by molar-refractivity contribution is 8.13. The van der Waals surface area contributed by atoms with E-state index in [1.54, 1.807) is 6.92 Å². The minimum absolute atomic E-state index is 0.0848. The first-order chi connectivity index (χ1) is 10.9. The van der Waals surface area contributed by atoms with Gasteiger partial charge in [0.05, 0.1) is 11.7 Å². The highest BCUT2D eigenvalue weighted by atomic mass is 32.2. The van der Waals surface area contributed by atoms with Gasteiger partial charge in [-0.05, 0) is 25.5 Å². The molecule has 0 bridgehead atoms. The molecule has 0 saturated carbocycles. The molecule has 120 valence electrons. The minimum atomic E-state index is -0.872. The molecule has 2 aromatic rings. The van der Waals surface area contributed by atoms with Crippen LogP contribution in [-0.4, -0.2) is 15.9 Å². The molecule has 1 aliphatic heterocycles. The van der Waals surface area contributed by atoms with Gasteiger partial charge in [-0.25, -0.2) is 13.2 Å². The second-order valence-electron chi connectivity index (χ2n) is 5.53. The molecule has 1 atom stereocenters. The van der Waals surface area contributed by atoms with Gasteiger partial charge >= 0.3 is 0 Å². The lowest BCUT2D eigenvalue weighted by Gasteiger charge is -2.30. The lowest BCUT2D eigenvalue weighted by Crippen LogP contribution is -2.29. The summed E-state index contributed by atoms with van der Waals surface area (Å²) in [5.41, 5.74) is 5.45. The fourth-order valence-electron chi connectivity index (χ4n) is 2.62. The van der Waals surface area contributed by atoms with Gasteiger partial charge < -0.3 is 5.73 Å². The van der Waals surface area contributed by atoms with Crippen molar-refractivity contribution in [2.75, 3.05) is 5.75 Å². The number of nitrogens with two attached hydrogens (primary N) is 1. The first-order valence-corrected chi connectivity index (χ1v) is 7.96. The number of thioether (sulfide) groups is 1. The van der Waals surface area contributed by atoms with Gasteiger partial charge in [-0.3, -0.25) is 9.98 Å². The average Bonchev–Trinajstić information content (AvgIpc) is 2.46. The summed E-state index contributed by atoms with van der Waals surface area (Å²) in [5.74, 6) is -1.36. The molecule has 0 saturated heterocycles. The molecule has 2 heterocycles. The van der Waals surface area contributed by atoms with E-state index < -0.39 is 23.0 Å². The Hall–Kier alpha value is -2.02. The third kappa shape index (κ3) is 3.06. The molecule has 0 amide bonds. The van der Waals surface area contributed by atoms with Gasteiger partial charge in [0.15, 0.2) is 5.17 Å². The lowest BCUT2D eigenvalue weighted by atomic mass is 9.87. The number of aliphatic imine (C=N–C) groups is 1. The van der Waals surface area contributed by atoms with Crippen LogP contribution in [0.5, 0.6) is 0 Å².